The van der Waals surface area contributed by atoms with Gasteiger partial charge in [0.15, 0.2) is 0 Å². The van der Waals surface area contributed by atoms with Crippen molar-refractivity contribution in [2.45, 2.75) is 65.1 Å². The van der Waals surface area contributed by atoms with E-state index in [4.69, 9.17) is 10.1 Å². The molecule has 1 fully saturated rings. The number of hydrogen-bond donors (Lipinski definition) is 2. The first-order chi connectivity index (χ1) is 15.3. The number of carbonyl (C=O) groups excluding carboxylic acids is 2. The molecule has 7 nitrogen and oxygen atoms in total. The van der Waals surface area contributed by atoms with Crippen LogP contribution in [0, 0.1) is 5.41 Å². The summed E-state index contributed by atoms with van der Waals surface area (Å²) in [5, 5.41) is 12.8. The van der Waals surface area contributed by atoms with Crippen molar-refractivity contribution in [3.05, 3.63) is 46.2 Å². The van der Waals surface area contributed by atoms with E-state index in [9.17, 15) is 9.59 Å². The molecule has 2 amide bonds. The van der Waals surface area contributed by atoms with Gasteiger partial charge in [-0.1, -0.05) is 18.2 Å². The van der Waals surface area contributed by atoms with Crippen LogP contribution in [0.1, 0.15) is 56.7 Å². The summed E-state index contributed by atoms with van der Waals surface area (Å²) < 4.78 is 5.49. The molecule has 0 saturated carbocycles. The number of nitrogens with one attached hydrogen (secondary N) is 2. The highest BCUT2D eigenvalue weighted by Gasteiger charge is 2.31. The summed E-state index contributed by atoms with van der Waals surface area (Å²) in [5.41, 5.74) is 5.23. The lowest BCUT2D eigenvalue weighted by Crippen LogP contribution is -2.43. The fourth-order valence-corrected chi connectivity index (χ4v) is 4.89. The van der Waals surface area contributed by atoms with Crippen molar-refractivity contribution in [2.75, 3.05) is 26.3 Å². The first kappa shape index (κ1) is 22.5. The molecule has 0 aliphatic carbocycles. The SMILES string of the molecule is CC(=O)N1CCC(NC2CCOCC2)=C(C(=N)c2cccc3c2CC(=O)N(C(C)C)C3)C1. The van der Waals surface area contributed by atoms with Gasteiger partial charge in [0.1, 0.15) is 0 Å². The van der Waals surface area contributed by atoms with E-state index >= 15 is 0 Å². The number of carbonyl (C=O) groups is 2. The Morgan fingerprint density at radius 3 is 2.66 bits per heavy atom. The summed E-state index contributed by atoms with van der Waals surface area (Å²) in [7, 11) is 0. The fraction of sp³-hybridized carbons (Fsp3) is 0.560. The summed E-state index contributed by atoms with van der Waals surface area (Å²) in [6.07, 6.45) is 2.92. The molecule has 3 aliphatic heterocycles. The summed E-state index contributed by atoms with van der Waals surface area (Å²) >= 11 is 0. The van der Waals surface area contributed by atoms with Crippen molar-refractivity contribution in [2.24, 2.45) is 0 Å². The fourth-order valence-electron chi connectivity index (χ4n) is 4.89. The van der Waals surface area contributed by atoms with E-state index in [0.717, 1.165) is 54.0 Å². The molecular formula is C25H34N4O3. The Kier molecular flexibility index (Phi) is 6.65. The maximum absolute atomic E-state index is 12.8. The highest BCUT2D eigenvalue weighted by molar-refractivity contribution is 6.13. The average Bonchev–Trinajstić information content (AvgIpc) is 2.78. The Balaban J connectivity index is 1.68. The van der Waals surface area contributed by atoms with Crippen LogP contribution in [-0.2, 0) is 27.3 Å². The Hall–Kier alpha value is -2.67. The number of hydrogen-bond acceptors (Lipinski definition) is 5. The Labute approximate surface area is 190 Å². The molecular weight excluding hydrogens is 404 g/mol. The van der Waals surface area contributed by atoms with Crippen LogP contribution >= 0.6 is 0 Å². The van der Waals surface area contributed by atoms with E-state index in [1.165, 1.54) is 0 Å². The summed E-state index contributed by atoms with van der Waals surface area (Å²) in [6, 6.07) is 6.47. The van der Waals surface area contributed by atoms with Crippen molar-refractivity contribution in [3.8, 4) is 0 Å². The molecule has 1 saturated heterocycles. The van der Waals surface area contributed by atoms with Gasteiger partial charge in [0, 0.05) is 75.1 Å². The molecule has 0 unspecified atom stereocenters. The van der Waals surface area contributed by atoms with E-state index in [2.05, 4.69) is 11.4 Å². The molecule has 1 aromatic rings. The third-order valence-electron chi connectivity index (χ3n) is 6.85. The van der Waals surface area contributed by atoms with E-state index in [1.54, 1.807) is 11.8 Å². The first-order valence-corrected chi connectivity index (χ1v) is 11.7. The lowest BCUT2D eigenvalue weighted by Gasteiger charge is -2.35. The van der Waals surface area contributed by atoms with Crippen LogP contribution in [0.4, 0.5) is 0 Å². The van der Waals surface area contributed by atoms with Crippen LogP contribution in [0.5, 0.6) is 0 Å². The molecule has 32 heavy (non-hydrogen) atoms. The van der Waals surface area contributed by atoms with Crippen LogP contribution < -0.4 is 5.32 Å². The van der Waals surface area contributed by atoms with Crippen LogP contribution in [0.3, 0.4) is 0 Å². The summed E-state index contributed by atoms with van der Waals surface area (Å²) in [4.78, 5) is 28.6. The molecule has 3 heterocycles. The minimum Gasteiger partial charge on any atom is -0.385 e. The quantitative estimate of drug-likeness (QED) is 0.692. The first-order valence-electron chi connectivity index (χ1n) is 11.7. The van der Waals surface area contributed by atoms with Gasteiger partial charge in [0.2, 0.25) is 11.8 Å². The zero-order valence-corrected chi connectivity index (χ0v) is 19.4. The molecule has 1 aromatic carbocycles. The van der Waals surface area contributed by atoms with Gasteiger partial charge in [-0.2, -0.15) is 0 Å². The minimum absolute atomic E-state index is 0.0262. The smallest absolute Gasteiger partial charge is 0.227 e. The lowest BCUT2D eigenvalue weighted by molar-refractivity contribution is -0.133. The lowest BCUT2D eigenvalue weighted by atomic mass is 9.87. The van der Waals surface area contributed by atoms with E-state index in [0.29, 0.717) is 44.2 Å². The maximum Gasteiger partial charge on any atom is 0.227 e. The van der Waals surface area contributed by atoms with Crippen molar-refractivity contribution in [1.82, 2.24) is 15.1 Å². The molecule has 0 spiro atoms. The molecule has 0 radical (unpaired) electrons. The Morgan fingerprint density at radius 1 is 1.22 bits per heavy atom. The molecule has 0 aromatic heterocycles. The molecule has 4 rings (SSSR count). The minimum atomic E-state index is 0.0262. The normalized spacial score (nSPS) is 19.9. The van der Waals surface area contributed by atoms with E-state index in [1.807, 2.05) is 30.9 Å². The topological polar surface area (TPSA) is 85.7 Å². The number of benzene rings is 1. The van der Waals surface area contributed by atoms with Crippen LogP contribution in [-0.4, -0.2) is 65.7 Å². The van der Waals surface area contributed by atoms with Gasteiger partial charge >= 0.3 is 0 Å². The average molecular weight is 439 g/mol. The molecule has 7 heteroatoms. The van der Waals surface area contributed by atoms with Crippen LogP contribution in [0.2, 0.25) is 0 Å². The van der Waals surface area contributed by atoms with Gasteiger partial charge in [0.05, 0.1) is 12.1 Å². The van der Waals surface area contributed by atoms with E-state index < -0.39 is 0 Å². The number of nitrogens with zero attached hydrogens (tertiary/aromatic N) is 2. The highest BCUT2D eigenvalue weighted by Crippen LogP contribution is 2.29. The zero-order valence-electron chi connectivity index (χ0n) is 19.4. The third-order valence-corrected chi connectivity index (χ3v) is 6.85. The predicted molar refractivity (Wildman–Crippen MR) is 124 cm³/mol. The molecule has 2 N–H and O–H groups in total. The van der Waals surface area contributed by atoms with Gasteiger partial charge in [-0.3, -0.25) is 15.0 Å². The number of amides is 2. The third kappa shape index (κ3) is 4.58. The number of fused-ring (bicyclic) bond motifs is 1. The monoisotopic (exact) mass is 438 g/mol. The number of rotatable bonds is 5. The van der Waals surface area contributed by atoms with Crippen molar-refractivity contribution >= 4 is 17.5 Å². The zero-order chi connectivity index (χ0) is 22.8. The molecule has 3 aliphatic rings. The second-order valence-electron chi connectivity index (χ2n) is 9.29. The summed E-state index contributed by atoms with van der Waals surface area (Å²) in [6.45, 7) is 8.82. The second-order valence-corrected chi connectivity index (χ2v) is 9.29. The Bertz CT molecular complexity index is 947. The largest absolute Gasteiger partial charge is 0.385 e. The van der Waals surface area contributed by atoms with Crippen molar-refractivity contribution < 1.29 is 14.3 Å². The maximum atomic E-state index is 12.8. The van der Waals surface area contributed by atoms with Gasteiger partial charge in [-0.15, -0.1) is 0 Å². The van der Waals surface area contributed by atoms with Gasteiger partial charge < -0.3 is 19.9 Å². The van der Waals surface area contributed by atoms with Crippen molar-refractivity contribution in [3.63, 3.8) is 0 Å². The Morgan fingerprint density at radius 2 is 1.97 bits per heavy atom. The number of ether oxygens (including phenoxy) is 1. The van der Waals surface area contributed by atoms with Crippen LogP contribution in [0.15, 0.2) is 29.5 Å². The van der Waals surface area contributed by atoms with E-state index in [-0.39, 0.29) is 17.9 Å². The predicted octanol–water partition coefficient (Wildman–Crippen LogP) is 2.62. The standard InChI is InChI=1S/C25H34N4O3/c1-16(2)29-14-18-5-4-6-20(21(18)13-24(29)31)25(26)22-15-28(17(3)30)10-7-23(22)27-19-8-11-32-12-9-19/h4-6,16,19,26-27H,7-15H2,1-3H3. The summed E-state index contributed by atoms with van der Waals surface area (Å²) in [5.74, 6) is 0.134. The van der Waals surface area contributed by atoms with Crippen molar-refractivity contribution in [1.29, 1.82) is 5.41 Å². The second kappa shape index (κ2) is 9.45. The molecule has 0 bridgehead atoms. The van der Waals surface area contributed by atoms with Crippen LogP contribution in [0.25, 0.3) is 0 Å². The van der Waals surface area contributed by atoms with Gasteiger partial charge in [-0.05, 0) is 37.8 Å². The van der Waals surface area contributed by atoms with Gasteiger partial charge in [0.25, 0.3) is 0 Å². The molecule has 172 valence electrons. The van der Waals surface area contributed by atoms with Gasteiger partial charge in [-0.25, -0.2) is 0 Å². The highest BCUT2D eigenvalue weighted by atomic mass is 16.5. The molecule has 0 atom stereocenters.